The number of benzene rings is 1. The van der Waals surface area contributed by atoms with E-state index in [9.17, 15) is 5.11 Å². The Kier molecular flexibility index (Phi) is 4.58. The largest absolute Gasteiger partial charge is 0.507 e. The molecule has 1 atom stereocenters. The summed E-state index contributed by atoms with van der Waals surface area (Å²) < 4.78 is 0. The number of hydrogen-bond acceptors (Lipinski definition) is 7. The van der Waals surface area contributed by atoms with Crippen LogP contribution in [0.15, 0.2) is 18.2 Å². The first kappa shape index (κ1) is 17.6. The smallest absolute Gasteiger partial charge is 0.175 e. The van der Waals surface area contributed by atoms with E-state index in [1.54, 1.807) is 12.1 Å². The molecule has 7 nitrogen and oxygen atoms in total. The first-order valence-electron chi connectivity index (χ1n) is 9.38. The normalized spacial score (nSPS) is 19.9. The number of hydrogen-bond donors (Lipinski definition) is 2. The number of aromatic nitrogens is 2. The number of phenols is 1. The van der Waals surface area contributed by atoms with Crippen LogP contribution >= 0.6 is 0 Å². The van der Waals surface area contributed by atoms with E-state index in [4.69, 9.17) is 5.26 Å². The summed E-state index contributed by atoms with van der Waals surface area (Å²) in [6.45, 7) is 5.97. The molecule has 0 bridgehead atoms. The zero-order valence-electron chi connectivity index (χ0n) is 15.7. The van der Waals surface area contributed by atoms with Crippen molar-refractivity contribution in [3.05, 3.63) is 29.3 Å². The molecule has 27 heavy (non-hydrogen) atoms. The van der Waals surface area contributed by atoms with Gasteiger partial charge in [-0.15, -0.1) is 10.2 Å². The Balaban J connectivity index is 1.72. The molecule has 0 spiro atoms. The Morgan fingerprint density at radius 3 is 2.89 bits per heavy atom. The summed E-state index contributed by atoms with van der Waals surface area (Å²) in [7, 11) is 2.17. The standard InChI is InChI=1S/C20H24N6O/c1-13-18(16-6-5-14(11-21)10-17(16)27)23-24-20-19(13)22-7-9-26(20)15-4-3-8-25(2)12-15/h5-6,10,15,22,27H,3-4,7-9,12H2,1-2H3/t15-/m1/s1. The van der Waals surface area contributed by atoms with E-state index in [1.807, 2.05) is 13.0 Å². The number of fused-ring (bicyclic) bond motifs is 1. The van der Waals surface area contributed by atoms with Crippen LogP contribution < -0.4 is 10.2 Å². The van der Waals surface area contributed by atoms with Crippen molar-refractivity contribution in [2.75, 3.05) is 43.4 Å². The highest BCUT2D eigenvalue weighted by Crippen LogP contribution is 2.38. The lowest BCUT2D eigenvalue weighted by Gasteiger charge is -2.41. The van der Waals surface area contributed by atoms with E-state index in [0.29, 0.717) is 22.9 Å². The summed E-state index contributed by atoms with van der Waals surface area (Å²) in [4.78, 5) is 4.75. The number of nitrogens with zero attached hydrogens (tertiary/aromatic N) is 5. The summed E-state index contributed by atoms with van der Waals surface area (Å²) in [6, 6.07) is 7.37. The molecule has 0 radical (unpaired) electrons. The molecule has 140 valence electrons. The van der Waals surface area contributed by atoms with Crippen molar-refractivity contribution in [3.63, 3.8) is 0 Å². The van der Waals surface area contributed by atoms with Crippen molar-refractivity contribution in [1.82, 2.24) is 15.1 Å². The lowest BCUT2D eigenvalue weighted by Crippen LogP contribution is -2.50. The molecule has 0 saturated carbocycles. The summed E-state index contributed by atoms with van der Waals surface area (Å²) in [5.41, 5.74) is 3.62. The lowest BCUT2D eigenvalue weighted by atomic mass is 10.0. The molecule has 1 saturated heterocycles. The van der Waals surface area contributed by atoms with Crippen LogP contribution in [0.2, 0.25) is 0 Å². The highest BCUT2D eigenvalue weighted by Gasteiger charge is 2.30. The van der Waals surface area contributed by atoms with Gasteiger partial charge in [0.1, 0.15) is 11.4 Å². The van der Waals surface area contributed by atoms with Gasteiger partial charge in [-0.05, 0) is 51.6 Å². The average Bonchev–Trinajstić information content (AvgIpc) is 2.68. The average molecular weight is 364 g/mol. The zero-order valence-corrected chi connectivity index (χ0v) is 15.7. The number of anilines is 2. The second kappa shape index (κ2) is 7.05. The second-order valence-corrected chi connectivity index (χ2v) is 7.39. The van der Waals surface area contributed by atoms with Crippen molar-refractivity contribution in [1.29, 1.82) is 5.26 Å². The van der Waals surface area contributed by atoms with Crippen LogP contribution in [-0.2, 0) is 0 Å². The summed E-state index contributed by atoms with van der Waals surface area (Å²) in [5, 5.41) is 31.8. The van der Waals surface area contributed by atoms with Crippen molar-refractivity contribution < 1.29 is 5.11 Å². The molecule has 2 N–H and O–H groups in total. The van der Waals surface area contributed by atoms with Gasteiger partial charge >= 0.3 is 0 Å². The van der Waals surface area contributed by atoms with Gasteiger partial charge in [-0.3, -0.25) is 0 Å². The van der Waals surface area contributed by atoms with Crippen LogP contribution in [0, 0.1) is 18.3 Å². The highest BCUT2D eigenvalue weighted by molar-refractivity contribution is 5.81. The van der Waals surface area contributed by atoms with E-state index >= 15 is 0 Å². The van der Waals surface area contributed by atoms with E-state index in [1.165, 1.54) is 18.9 Å². The molecular weight excluding hydrogens is 340 g/mol. The molecule has 1 aromatic carbocycles. The first-order chi connectivity index (χ1) is 13.1. The van der Waals surface area contributed by atoms with Crippen LogP contribution in [0.25, 0.3) is 11.3 Å². The number of nitrogens with one attached hydrogen (secondary N) is 1. The SMILES string of the molecule is Cc1c(-c2ccc(C#N)cc2O)nnc2c1NCCN2[C@@H]1CCCN(C)C1. The van der Waals surface area contributed by atoms with Gasteiger partial charge in [-0.25, -0.2) is 0 Å². The molecular formula is C20H24N6O. The third kappa shape index (κ3) is 3.17. The van der Waals surface area contributed by atoms with Gasteiger partial charge in [0.25, 0.3) is 0 Å². The summed E-state index contributed by atoms with van der Waals surface area (Å²) in [6.07, 6.45) is 2.37. The fourth-order valence-electron chi connectivity index (χ4n) is 4.13. The van der Waals surface area contributed by atoms with Crippen molar-refractivity contribution >= 4 is 11.5 Å². The fourth-order valence-corrected chi connectivity index (χ4v) is 4.13. The van der Waals surface area contributed by atoms with Gasteiger partial charge in [0.2, 0.25) is 0 Å². The molecule has 0 amide bonds. The number of phenolic OH excluding ortho intramolecular Hbond substituents is 1. The number of likely N-dealkylation sites (tertiary alicyclic amines) is 1. The molecule has 0 aliphatic carbocycles. The lowest BCUT2D eigenvalue weighted by molar-refractivity contribution is 0.244. The van der Waals surface area contributed by atoms with Gasteiger partial charge in [0.05, 0.1) is 17.3 Å². The predicted molar refractivity (Wildman–Crippen MR) is 105 cm³/mol. The third-order valence-electron chi connectivity index (χ3n) is 5.55. The Morgan fingerprint density at radius 1 is 1.30 bits per heavy atom. The maximum Gasteiger partial charge on any atom is 0.175 e. The number of aromatic hydroxyl groups is 1. The van der Waals surface area contributed by atoms with E-state index in [2.05, 4.69) is 32.4 Å². The summed E-state index contributed by atoms with van der Waals surface area (Å²) in [5.74, 6) is 0.948. The van der Waals surface area contributed by atoms with Crippen LogP contribution in [-0.4, -0.2) is 59.5 Å². The minimum atomic E-state index is 0.0490. The zero-order chi connectivity index (χ0) is 19.0. The number of rotatable bonds is 2. The minimum absolute atomic E-state index is 0.0490. The third-order valence-corrected chi connectivity index (χ3v) is 5.55. The molecule has 2 aliphatic heterocycles. The Bertz CT molecular complexity index is 906. The van der Waals surface area contributed by atoms with Gasteiger partial charge < -0.3 is 20.2 Å². The molecule has 1 aromatic heterocycles. The predicted octanol–water partition coefficient (Wildman–Crippen LogP) is 2.36. The Labute approximate surface area is 159 Å². The van der Waals surface area contributed by atoms with Crippen molar-refractivity contribution in [2.24, 2.45) is 0 Å². The molecule has 7 heteroatoms. The molecule has 1 fully saturated rings. The molecule has 3 heterocycles. The van der Waals surface area contributed by atoms with Crippen molar-refractivity contribution in [3.8, 4) is 23.1 Å². The monoisotopic (exact) mass is 364 g/mol. The Morgan fingerprint density at radius 2 is 2.15 bits per heavy atom. The first-order valence-corrected chi connectivity index (χ1v) is 9.38. The van der Waals surface area contributed by atoms with E-state index < -0.39 is 0 Å². The maximum atomic E-state index is 10.3. The Hall–Kier alpha value is -2.85. The van der Waals surface area contributed by atoms with Crippen LogP contribution in [0.5, 0.6) is 5.75 Å². The fraction of sp³-hybridized carbons (Fsp3) is 0.450. The molecule has 0 unspecified atom stereocenters. The number of nitriles is 1. The molecule has 2 aliphatic rings. The van der Waals surface area contributed by atoms with Crippen molar-refractivity contribution in [2.45, 2.75) is 25.8 Å². The highest BCUT2D eigenvalue weighted by atomic mass is 16.3. The van der Waals surface area contributed by atoms with Gasteiger partial charge in [0, 0.05) is 36.8 Å². The van der Waals surface area contributed by atoms with Gasteiger partial charge in [-0.2, -0.15) is 5.26 Å². The topological polar surface area (TPSA) is 88.3 Å². The van der Waals surface area contributed by atoms with Gasteiger partial charge in [0.15, 0.2) is 5.82 Å². The van der Waals surface area contributed by atoms with Crippen LogP contribution in [0.1, 0.15) is 24.0 Å². The maximum absolute atomic E-state index is 10.3. The van der Waals surface area contributed by atoms with E-state index in [0.717, 1.165) is 43.2 Å². The summed E-state index contributed by atoms with van der Waals surface area (Å²) >= 11 is 0. The van der Waals surface area contributed by atoms with Gasteiger partial charge in [-0.1, -0.05) is 0 Å². The molecule has 4 rings (SSSR count). The minimum Gasteiger partial charge on any atom is -0.507 e. The van der Waals surface area contributed by atoms with Crippen LogP contribution in [0.4, 0.5) is 11.5 Å². The number of piperidine rings is 1. The second-order valence-electron chi connectivity index (χ2n) is 7.39. The van der Waals surface area contributed by atoms with Crippen LogP contribution in [0.3, 0.4) is 0 Å². The number of likely N-dealkylation sites (N-methyl/N-ethyl adjacent to an activating group) is 1. The van der Waals surface area contributed by atoms with E-state index in [-0.39, 0.29) is 5.75 Å². The quantitative estimate of drug-likeness (QED) is 0.845. The molecule has 2 aromatic rings.